The Hall–Kier alpha value is -8.54. The molecular weight excluding hydrogens is 1150 g/mol. The predicted molar refractivity (Wildman–Crippen MR) is 330 cm³/mol. The largest absolute Gasteiger partial charge is 0.497 e. The molecule has 458 valence electrons. The zero-order valence-corrected chi connectivity index (χ0v) is 52.1. The predicted octanol–water partition coefficient (Wildman–Crippen LogP) is 8.80. The first-order chi connectivity index (χ1) is 41.3. The summed E-state index contributed by atoms with van der Waals surface area (Å²) in [5, 5.41) is 13.7. The van der Waals surface area contributed by atoms with E-state index in [4.69, 9.17) is 28.5 Å². The second-order valence-electron chi connectivity index (χ2n) is 24.1. The second-order valence-corrected chi connectivity index (χ2v) is 26.0. The first-order valence-corrected chi connectivity index (χ1v) is 30.5. The third-order valence-electron chi connectivity index (χ3n) is 14.7. The number of hydrogen-bond acceptors (Lipinski definition) is 17. The molecule has 0 spiro atoms. The average molecular weight is 1230 g/mol. The van der Waals surface area contributed by atoms with Crippen LogP contribution in [-0.2, 0) is 51.9 Å². The Morgan fingerprint density at radius 1 is 0.839 bits per heavy atom. The molecule has 0 bridgehead atoms. The van der Waals surface area contributed by atoms with E-state index in [0.717, 1.165) is 42.8 Å². The molecule has 3 aliphatic heterocycles. The second kappa shape index (κ2) is 26.2. The summed E-state index contributed by atoms with van der Waals surface area (Å²) in [5.41, 5.74) is -0.300. The molecule has 3 N–H and O–H groups in total. The molecule has 87 heavy (non-hydrogen) atoms. The highest BCUT2D eigenvalue weighted by Gasteiger charge is 2.56. The first-order valence-electron chi connectivity index (χ1n) is 28.6. The van der Waals surface area contributed by atoms with E-state index in [1.807, 2.05) is 92.0 Å². The fourth-order valence-electron chi connectivity index (χ4n) is 10.4. The van der Waals surface area contributed by atoms with E-state index < -0.39 is 69.9 Å². The highest BCUT2D eigenvalue weighted by atomic mass is 32.2. The lowest BCUT2D eigenvalue weighted by Crippen LogP contribution is -2.71. The average Bonchev–Trinajstić information content (AvgIpc) is 1.29. The molecule has 21 nitrogen and oxygen atoms in total. The van der Waals surface area contributed by atoms with Gasteiger partial charge in [0.05, 0.1) is 50.4 Å². The molecular formula is C64H73N8O13S2+. The van der Waals surface area contributed by atoms with Crippen molar-refractivity contribution in [2.24, 2.45) is 12.2 Å². The van der Waals surface area contributed by atoms with Gasteiger partial charge in [0.15, 0.2) is 22.7 Å². The molecule has 2 saturated heterocycles. The first kappa shape index (κ1) is 63.0. The third kappa shape index (κ3) is 15.2. The number of hydrogen-bond donors (Lipinski definition) is 3. The smallest absolute Gasteiger partial charge is 0.413 e. The minimum atomic E-state index is -1.71. The molecule has 0 saturated carbocycles. The maximum atomic E-state index is 15.2. The number of thiazole rings is 1. The van der Waals surface area contributed by atoms with Crippen LogP contribution in [-0.4, -0.2) is 134 Å². The summed E-state index contributed by atoms with van der Waals surface area (Å²) < 4.78 is 31.0. The van der Waals surface area contributed by atoms with Crippen LogP contribution in [0.15, 0.2) is 136 Å². The summed E-state index contributed by atoms with van der Waals surface area (Å²) in [5.74, 6) is -2.25. The van der Waals surface area contributed by atoms with E-state index in [1.165, 1.54) is 35.9 Å². The number of nitrogens with zero attached hydrogens (tertiary/aromatic N) is 5. The van der Waals surface area contributed by atoms with Gasteiger partial charge in [0, 0.05) is 42.2 Å². The van der Waals surface area contributed by atoms with Gasteiger partial charge in [-0.1, -0.05) is 78.0 Å². The minimum Gasteiger partial charge on any atom is -0.497 e. The van der Waals surface area contributed by atoms with Gasteiger partial charge in [-0.3, -0.25) is 29.4 Å². The highest BCUT2D eigenvalue weighted by molar-refractivity contribution is 8.00. The molecule has 0 unspecified atom stereocenters. The maximum Gasteiger partial charge on any atom is 0.413 e. The number of fused-ring (bicyclic) bond motifs is 2. The number of quaternary nitrogens is 1. The Morgan fingerprint density at radius 2 is 1.49 bits per heavy atom. The number of β-lactam (4-membered cyclic amide) rings is 1. The number of pyridine rings is 1. The molecule has 0 aliphatic carbocycles. The number of ether oxygens (including phenoxy) is 5. The Balaban J connectivity index is 0.973. The van der Waals surface area contributed by atoms with Crippen molar-refractivity contribution in [2.75, 3.05) is 50.9 Å². The van der Waals surface area contributed by atoms with Gasteiger partial charge in [-0.2, -0.15) is 0 Å². The van der Waals surface area contributed by atoms with Crippen LogP contribution in [0.1, 0.15) is 107 Å². The lowest BCUT2D eigenvalue weighted by molar-refractivity contribution is -0.911. The number of methoxy groups -OCH3 is 1. The van der Waals surface area contributed by atoms with Crippen LogP contribution in [0.2, 0.25) is 0 Å². The van der Waals surface area contributed by atoms with Crippen molar-refractivity contribution < 1.29 is 61.8 Å². The van der Waals surface area contributed by atoms with Crippen molar-refractivity contribution in [2.45, 2.75) is 109 Å². The lowest BCUT2D eigenvalue weighted by Gasteiger charge is -2.50. The Morgan fingerprint density at radius 3 is 2.13 bits per heavy atom. The SMILES string of the molecule is COc1ccc(COc2cn(C)c3ccc(C(=O)NCC[N+]4(CC5=C(C(=O)OC(c6ccccc6)c6ccccc6)N6C(=O)[C@@H](NC(=O)/C(=N\OC(C)(C)C(=O)OC(C)(C)C)c7csc(NC(=O)OC(C)(C)C)n7)[C@H]6SC5)CCCC4)cc3c2=O)cc1. The van der Waals surface area contributed by atoms with Gasteiger partial charge in [-0.15, -0.1) is 23.1 Å². The summed E-state index contributed by atoms with van der Waals surface area (Å²) in [6.45, 7) is 15.7. The van der Waals surface area contributed by atoms with Gasteiger partial charge in [-0.25, -0.2) is 19.4 Å². The molecule has 3 aliphatic rings. The van der Waals surface area contributed by atoms with Crippen LogP contribution in [0.3, 0.4) is 0 Å². The monoisotopic (exact) mass is 1230 g/mol. The van der Waals surface area contributed by atoms with Crippen LogP contribution >= 0.6 is 23.1 Å². The summed E-state index contributed by atoms with van der Waals surface area (Å²) in [7, 11) is 3.40. The van der Waals surface area contributed by atoms with Crippen molar-refractivity contribution >= 4 is 80.6 Å². The fourth-order valence-corrected chi connectivity index (χ4v) is 12.4. The van der Waals surface area contributed by atoms with Gasteiger partial charge < -0.3 is 48.2 Å². The van der Waals surface area contributed by atoms with Crippen LogP contribution in [0.4, 0.5) is 9.93 Å². The molecule has 23 heteroatoms. The van der Waals surface area contributed by atoms with E-state index in [-0.39, 0.29) is 52.5 Å². The molecule has 9 rings (SSSR count). The van der Waals surface area contributed by atoms with Gasteiger partial charge in [0.25, 0.3) is 17.7 Å². The fraction of sp³-hybridized carbons (Fsp3) is 0.391. The molecule has 2 fully saturated rings. The van der Waals surface area contributed by atoms with Gasteiger partial charge in [0.1, 0.15) is 52.9 Å². The van der Waals surface area contributed by atoms with E-state index in [0.29, 0.717) is 56.5 Å². The number of rotatable bonds is 21. The molecule has 4 aromatic carbocycles. The van der Waals surface area contributed by atoms with Crippen molar-refractivity contribution in [1.29, 1.82) is 0 Å². The number of carbonyl (C=O) groups excluding carboxylic acids is 6. The quantitative estimate of drug-likeness (QED) is 0.0152. The molecule has 0 radical (unpaired) electrons. The Bertz CT molecular complexity index is 3640. The van der Waals surface area contributed by atoms with Crippen LogP contribution in [0.25, 0.3) is 10.9 Å². The number of oxime groups is 1. The molecule has 6 aromatic rings. The normalized spacial score (nSPS) is 16.8. The lowest BCUT2D eigenvalue weighted by atomic mass is 10.00. The van der Waals surface area contributed by atoms with Crippen LogP contribution < -0.4 is 30.9 Å². The number of amides is 4. The molecule has 2 aromatic heterocycles. The van der Waals surface area contributed by atoms with Gasteiger partial charge in [-0.05, 0) is 102 Å². The summed E-state index contributed by atoms with van der Waals surface area (Å²) >= 11 is 2.34. The third-order valence-corrected chi connectivity index (χ3v) is 16.8. The van der Waals surface area contributed by atoms with E-state index in [2.05, 4.69) is 26.1 Å². The summed E-state index contributed by atoms with van der Waals surface area (Å²) in [4.78, 5) is 110. The van der Waals surface area contributed by atoms with Crippen molar-refractivity contribution in [3.63, 3.8) is 0 Å². The number of aromatic nitrogens is 2. The van der Waals surface area contributed by atoms with Crippen molar-refractivity contribution in [3.8, 4) is 11.5 Å². The standard InChI is InChI=1S/C64H72N8O13S2/c1-62(2,3)83-59(78)64(7,8)85-69-49(46-38-87-60(66-46)68-61(79)84-63(4,5)6)55(75)67-50-56(76)71-51(58(77)82-53(40-19-13-11-14-20-40)41-21-15-12-16-22-41)43(37-86-57(50)71)35-72(30-17-18-31-72)32-29-65-54(74)42-25-28-47-45(33-42)52(73)48(34-70(47)9)81-36-39-23-26-44(80-10)27-24-39/h11-16,19-28,33-34,38,50,53,57H,17-18,29-32,35-37H2,1-10H3,(H2-,65,66,67,68,74,75,79)/p+1/b69-49-/t50-,57-/m1/s1. The van der Waals surface area contributed by atoms with E-state index in [1.54, 1.807) is 77.6 Å². The number of nitrogens with one attached hydrogen (secondary N) is 3. The van der Waals surface area contributed by atoms with Gasteiger partial charge >= 0.3 is 18.0 Å². The highest BCUT2D eigenvalue weighted by Crippen LogP contribution is 2.43. The topological polar surface area (TPSA) is 244 Å². The Kier molecular flexibility index (Phi) is 19.0. The van der Waals surface area contributed by atoms with Crippen molar-refractivity contribution in [1.82, 2.24) is 25.1 Å². The van der Waals surface area contributed by atoms with Crippen molar-refractivity contribution in [3.05, 3.63) is 164 Å². The maximum absolute atomic E-state index is 15.2. The number of anilines is 1. The molecule has 4 amide bonds. The summed E-state index contributed by atoms with van der Waals surface area (Å²) in [6.07, 6.45) is 1.76. The molecule has 5 heterocycles. The summed E-state index contributed by atoms with van der Waals surface area (Å²) in [6, 6.07) is 29.8. The molecule has 2 atom stereocenters. The van der Waals surface area contributed by atoms with E-state index >= 15 is 4.79 Å². The van der Waals surface area contributed by atoms with Crippen LogP contribution in [0.5, 0.6) is 11.5 Å². The number of aryl methyl sites for hydroxylation is 1. The zero-order chi connectivity index (χ0) is 62.4. The minimum absolute atomic E-state index is 0.0529. The zero-order valence-electron chi connectivity index (χ0n) is 50.4. The number of benzene rings is 4. The van der Waals surface area contributed by atoms with E-state index in [9.17, 15) is 28.8 Å². The van der Waals surface area contributed by atoms with Crippen LogP contribution in [0, 0.1) is 0 Å². The number of likely N-dealkylation sites (tertiary alicyclic amines) is 1. The number of esters is 2. The number of thioether (sulfide) groups is 1. The van der Waals surface area contributed by atoms with Gasteiger partial charge in [0.2, 0.25) is 11.0 Å². The Labute approximate surface area is 512 Å². The number of carbonyl (C=O) groups is 6.